The van der Waals surface area contributed by atoms with Crippen LogP contribution in [0.15, 0.2) is 17.9 Å². The fourth-order valence-corrected chi connectivity index (χ4v) is 4.18. The Bertz CT molecular complexity index is 778. The Morgan fingerprint density at radius 3 is 2.46 bits per heavy atom. The van der Waals surface area contributed by atoms with Crippen LogP contribution in [-0.2, 0) is 14.3 Å². The fourth-order valence-electron chi connectivity index (χ4n) is 4.10. The molecule has 1 fully saturated rings. The summed E-state index contributed by atoms with van der Waals surface area (Å²) in [4.78, 5) is 13.0. The molecule has 2 aliphatic rings. The van der Waals surface area contributed by atoms with Gasteiger partial charge in [-0.25, -0.2) is 0 Å². The average Bonchev–Trinajstić information content (AvgIpc) is 2.86. The molecule has 1 amide bonds. The van der Waals surface area contributed by atoms with E-state index in [9.17, 15) is 4.79 Å². The van der Waals surface area contributed by atoms with Crippen LogP contribution in [0.25, 0.3) is 5.57 Å². The molecule has 0 radical (unpaired) electrons. The molecule has 1 aromatic rings. The predicted molar refractivity (Wildman–Crippen MR) is 104 cm³/mol. The second kappa shape index (κ2) is 7.27. The highest BCUT2D eigenvalue weighted by molar-refractivity contribution is 7.79. The molecule has 1 heterocycles. The van der Waals surface area contributed by atoms with Gasteiger partial charge in [0.15, 0.2) is 0 Å². The van der Waals surface area contributed by atoms with E-state index in [1.54, 1.807) is 7.11 Å². The zero-order valence-electron chi connectivity index (χ0n) is 15.7. The van der Waals surface area contributed by atoms with Crippen LogP contribution in [0.1, 0.15) is 48.8 Å². The van der Waals surface area contributed by atoms with Crippen molar-refractivity contribution < 1.29 is 19.0 Å². The second-order valence-electron chi connectivity index (χ2n) is 7.02. The number of benzene rings is 1. The first-order valence-electron chi connectivity index (χ1n) is 8.90. The minimum absolute atomic E-state index is 0.0164. The molecule has 140 valence electrons. The summed E-state index contributed by atoms with van der Waals surface area (Å²) in [6.45, 7) is 3.98. The molecule has 0 bridgehead atoms. The van der Waals surface area contributed by atoms with Gasteiger partial charge in [0.25, 0.3) is 5.91 Å². The topological polar surface area (TPSA) is 56.8 Å². The van der Waals surface area contributed by atoms with Crippen molar-refractivity contribution in [2.24, 2.45) is 0 Å². The monoisotopic (exact) mass is 375 g/mol. The van der Waals surface area contributed by atoms with E-state index in [-0.39, 0.29) is 11.1 Å². The Kier molecular flexibility index (Phi) is 5.23. The maximum Gasteiger partial charge on any atom is 0.357 e. The molecule has 1 saturated carbocycles. The van der Waals surface area contributed by atoms with Gasteiger partial charge < -0.3 is 19.5 Å². The SMILES string of the molecule is COC(=S)OC1=C(c2c(C)cc(C)cc2OC)C(=O)NC12CCCCC2. The van der Waals surface area contributed by atoms with Crippen LogP contribution >= 0.6 is 12.2 Å². The molecule has 26 heavy (non-hydrogen) atoms. The first kappa shape index (κ1) is 18.7. The molecular weight excluding hydrogens is 350 g/mol. The van der Waals surface area contributed by atoms with Gasteiger partial charge in [0.2, 0.25) is 0 Å². The second-order valence-corrected chi connectivity index (χ2v) is 7.35. The Labute approximate surface area is 159 Å². The highest BCUT2D eigenvalue weighted by Crippen LogP contribution is 2.45. The van der Waals surface area contributed by atoms with Crippen LogP contribution in [0.2, 0.25) is 0 Å². The Morgan fingerprint density at radius 1 is 1.15 bits per heavy atom. The summed E-state index contributed by atoms with van der Waals surface area (Å²) in [5, 5.41) is 3.20. The van der Waals surface area contributed by atoms with E-state index in [1.807, 2.05) is 26.0 Å². The van der Waals surface area contributed by atoms with Crippen molar-refractivity contribution in [2.75, 3.05) is 14.2 Å². The number of amides is 1. The fraction of sp³-hybridized carbons (Fsp3) is 0.500. The summed E-state index contributed by atoms with van der Waals surface area (Å²) in [7, 11) is 3.08. The van der Waals surface area contributed by atoms with Crippen molar-refractivity contribution >= 4 is 28.9 Å². The lowest BCUT2D eigenvalue weighted by atomic mass is 9.80. The first-order chi connectivity index (χ1) is 12.4. The summed E-state index contributed by atoms with van der Waals surface area (Å²) < 4.78 is 16.6. The molecule has 0 unspecified atom stereocenters. The van der Waals surface area contributed by atoms with Crippen molar-refractivity contribution in [3.8, 4) is 5.75 Å². The number of ether oxygens (including phenoxy) is 3. The molecule has 6 heteroatoms. The van der Waals surface area contributed by atoms with Gasteiger partial charge in [-0.15, -0.1) is 0 Å². The largest absolute Gasteiger partial charge is 0.496 e. The van der Waals surface area contributed by atoms with E-state index in [2.05, 4.69) is 5.32 Å². The van der Waals surface area contributed by atoms with Crippen molar-refractivity contribution in [1.29, 1.82) is 0 Å². The van der Waals surface area contributed by atoms with Crippen molar-refractivity contribution in [1.82, 2.24) is 5.32 Å². The van der Waals surface area contributed by atoms with Gasteiger partial charge in [0.1, 0.15) is 11.5 Å². The van der Waals surface area contributed by atoms with Crippen LogP contribution in [0.4, 0.5) is 0 Å². The quantitative estimate of drug-likeness (QED) is 0.815. The van der Waals surface area contributed by atoms with Crippen molar-refractivity contribution in [3.63, 3.8) is 0 Å². The van der Waals surface area contributed by atoms with Gasteiger partial charge in [-0.05, 0) is 43.9 Å². The van der Waals surface area contributed by atoms with E-state index in [1.165, 1.54) is 7.11 Å². The number of rotatable bonds is 3. The molecule has 0 atom stereocenters. The van der Waals surface area contributed by atoms with Crippen LogP contribution in [0, 0.1) is 13.8 Å². The highest BCUT2D eigenvalue weighted by Gasteiger charge is 2.49. The number of methoxy groups -OCH3 is 2. The van der Waals surface area contributed by atoms with Crippen molar-refractivity contribution in [2.45, 2.75) is 51.5 Å². The normalized spacial score (nSPS) is 18.7. The van der Waals surface area contributed by atoms with Crippen LogP contribution in [0.3, 0.4) is 0 Å². The zero-order valence-corrected chi connectivity index (χ0v) is 16.5. The maximum absolute atomic E-state index is 13.0. The molecule has 0 saturated heterocycles. The molecule has 1 aliphatic heterocycles. The third kappa shape index (κ3) is 3.18. The Balaban J connectivity index is 2.23. The maximum atomic E-state index is 13.0. The number of aryl methyl sites for hydroxylation is 2. The summed E-state index contributed by atoms with van der Waals surface area (Å²) in [5.41, 5.74) is 2.77. The smallest absolute Gasteiger partial charge is 0.357 e. The van der Waals surface area contributed by atoms with E-state index in [4.69, 9.17) is 26.4 Å². The third-order valence-electron chi connectivity index (χ3n) is 5.21. The standard InChI is InChI=1S/C20H25NO4S/c1-12-10-13(2)15(14(11-12)23-3)16-17(25-19(26)24-4)20(21-18(16)22)8-6-5-7-9-20/h10-11H,5-9H2,1-4H3,(H,21,22). The zero-order chi connectivity index (χ0) is 18.9. The van der Waals surface area contributed by atoms with Gasteiger partial charge in [-0.3, -0.25) is 4.79 Å². The Hall–Kier alpha value is -2.08. The molecule has 0 aromatic heterocycles. The molecule has 1 aliphatic carbocycles. The lowest BCUT2D eigenvalue weighted by Crippen LogP contribution is -2.46. The lowest BCUT2D eigenvalue weighted by Gasteiger charge is -2.35. The van der Waals surface area contributed by atoms with Crippen LogP contribution in [0.5, 0.6) is 5.75 Å². The molecule has 5 nitrogen and oxygen atoms in total. The van der Waals surface area contributed by atoms with E-state index >= 15 is 0 Å². The summed E-state index contributed by atoms with van der Waals surface area (Å²) in [5.74, 6) is 1.08. The van der Waals surface area contributed by atoms with E-state index in [0.29, 0.717) is 17.1 Å². The van der Waals surface area contributed by atoms with E-state index in [0.717, 1.165) is 48.8 Å². The first-order valence-corrected chi connectivity index (χ1v) is 9.31. The number of carbonyl (C=O) groups is 1. The number of thiocarbonyl (C=S) groups is 1. The number of carbonyl (C=O) groups excluding carboxylic acids is 1. The van der Waals surface area contributed by atoms with Gasteiger partial charge >= 0.3 is 5.24 Å². The number of hydrogen-bond donors (Lipinski definition) is 1. The minimum Gasteiger partial charge on any atom is -0.496 e. The van der Waals surface area contributed by atoms with Crippen LogP contribution in [-0.4, -0.2) is 30.9 Å². The number of hydrogen-bond acceptors (Lipinski definition) is 5. The van der Waals surface area contributed by atoms with Crippen LogP contribution < -0.4 is 10.1 Å². The van der Waals surface area contributed by atoms with Crippen molar-refractivity contribution in [3.05, 3.63) is 34.6 Å². The molecule has 1 N–H and O–H groups in total. The Morgan fingerprint density at radius 2 is 1.85 bits per heavy atom. The minimum atomic E-state index is -0.518. The molecule has 1 spiro atoms. The summed E-state index contributed by atoms with van der Waals surface area (Å²) in [6, 6.07) is 3.97. The van der Waals surface area contributed by atoms with Gasteiger partial charge in [-0.2, -0.15) is 0 Å². The highest BCUT2D eigenvalue weighted by atomic mass is 32.1. The molecule has 3 rings (SSSR count). The predicted octanol–water partition coefficient (Wildman–Crippen LogP) is 3.80. The summed E-state index contributed by atoms with van der Waals surface area (Å²) in [6.07, 6.45) is 4.88. The van der Waals surface area contributed by atoms with Gasteiger partial charge in [0.05, 0.1) is 25.3 Å². The summed E-state index contributed by atoms with van der Waals surface area (Å²) >= 11 is 5.15. The lowest BCUT2D eigenvalue weighted by molar-refractivity contribution is -0.116. The average molecular weight is 375 g/mol. The molecular formula is C20H25NO4S. The number of nitrogens with one attached hydrogen (secondary N) is 1. The molecule has 1 aromatic carbocycles. The van der Waals surface area contributed by atoms with E-state index < -0.39 is 5.54 Å². The van der Waals surface area contributed by atoms with Gasteiger partial charge in [0, 0.05) is 17.8 Å². The van der Waals surface area contributed by atoms with Gasteiger partial charge in [-0.1, -0.05) is 25.3 Å². The third-order valence-corrected chi connectivity index (χ3v) is 5.46.